The number of amides is 1. The van der Waals surface area contributed by atoms with E-state index in [1.165, 1.54) is 18.2 Å². The van der Waals surface area contributed by atoms with Gasteiger partial charge in [-0.25, -0.2) is 4.98 Å². The SMILES string of the molecule is Cc1nc(CC(C)C)oc1C(=O)Nc1ccccc1CC(F)(F)F. The lowest BCUT2D eigenvalue weighted by Crippen LogP contribution is -2.17. The van der Waals surface area contributed by atoms with E-state index in [-0.39, 0.29) is 17.0 Å². The molecule has 2 rings (SSSR count). The summed E-state index contributed by atoms with van der Waals surface area (Å²) in [6.45, 7) is 5.61. The van der Waals surface area contributed by atoms with Crippen LogP contribution in [0.5, 0.6) is 0 Å². The highest BCUT2D eigenvalue weighted by molar-refractivity contribution is 6.03. The molecule has 130 valence electrons. The quantitative estimate of drug-likeness (QED) is 0.869. The van der Waals surface area contributed by atoms with Gasteiger partial charge in [0.15, 0.2) is 5.89 Å². The summed E-state index contributed by atoms with van der Waals surface area (Å²) in [5.41, 5.74) is 0.524. The second-order valence-electron chi connectivity index (χ2n) is 6.02. The fraction of sp³-hybridized carbons (Fsp3) is 0.412. The predicted octanol–water partition coefficient (Wildman–Crippen LogP) is 4.54. The number of benzene rings is 1. The number of anilines is 1. The molecule has 1 amide bonds. The topological polar surface area (TPSA) is 55.1 Å². The first-order valence-corrected chi connectivity index (χ1v) is 7.58. The van der Waals surface area contributed by atoms with Crippen LogP contribution in [0, 0.1) is 12.8 Å². The molecule has 0 saturated carbocycles. The van der Waals surface area contributed by atoms with Gasteiger partial charge in [-0.1, -0.05) is 32.0 Å². The maximum absolute atomic E-state index is 12.6. The van der Waals surface area contributed by atoms with Gasteiger partial charge in [-0.15, -0.1) is 0 Å². The van der Waals surface area contributed by atoms with Crippen LogP contribution in [-0.2, 0) is 12.8 Å². The lowest BCUT2D eigenvalue weighted by Gasteiger charge is -2.12. The number of carbonyl (C=O) groups excluding carboxylic acids is 1. The molecule has 1 aromatic heterocycles. The summed E-state index contributed by atoms with van der Waals surface area (Å²) in [5.74, 6) is 0.166. The predicted molar refractivity (Wildman–Crippen MR) is 83.9 cm³/mol. The maximum Gasteiger partial charge on any atom is 0.393 e. The van der Waals surface area contributed by atoms with Gasteiger partial charge in [0.05, 0.1) is 12.1 Å². The number of alkyl halides is 3. The van der Waals surface area contributed by atoms with Crippen molar-refractivity contribution in [3.8, 4) is 0 Å². The number of hydrogen-bond acceptors (Lipinski definition) is 3. The van der Waals surface area contributed by atoms with Gasteiger partial charge in [-0.3, -0.25) is 4.79 Å². The third-order valence-corrected chi connectivity index (χ3v) is 3.29. The minimum atomic E-state index is -4.35. The van der Waals surface area contributed by atoms with Gasteiger partial charge < -0.3 is 9.73 Å². The molecule has 0 aliphatic carbocycles. The molecule has 0 saturated heterocycles. The molecule has 0 unspecified atom stereocenters. The van der Waals surface area contributed by atoms with Crippen molar-refractivity contribution < 1.29 is 22.4 Å². The molecule has 0 fully saturated rings. The Hall–Kier alpha value is -2.31. The Morgan fingerprint density at radius 3 is 2.58 bits per heavy atom. The van der Waals surface area contributed by atoms with Crippen LogP contribution < -0.4 is 5.32 Å². The first kappa shape index (κ1) is 18.0. The van der Waals surface area contributed by atoms with E-state index in [2.05, 4.69) is 10.3 Å². The molecule has 0 spiro atoms. The summed E-state index contributed by atoms with van der Waals surface area (Å²) in [4.78, 5) is 16.5. The van der Waals surface area contributed by atoms with Crippen LogP contribution in [0.25, 0.3) is 0 Å². The van der Waals surface area contributed by atoms with E-state index in [0.717, 1.165) is 0 Å². The van der Waals surface area contributed by atoms with Crippen molar-refractivity contribution in [3.63, 3.8) is 0 Å². The number of aryl methyl sites for hydroxylation is 1. The monoisotopic (exact) mass is 340 g/mol. The van der Waals surface area contributed by atoms with Crippen molar-refractivity contribution in [2.75, 3.05) is 5.32 Å². The van der Waals surface area contributed by atoms with E-state index >= 15 is 0 Å². The lowest BCUT2D eigenvalue weighted by atomic mass is 10.1. The van der Waals surface area contributed by atoms with Crippen LogP contribution in [-0.4, -0.2) is 17.1 Å². The fourth-order valence-corrected chi connectivity index (χ4v) is 2.29. The van der Waals surface area contributed by atoms with E-state index < -0.39 is 18.5 Å². The minimum Gasteiger partial charge on any atom is -0.435 e. The molecule has 0 atom stereocenters. The number of rotatable bonds is 5. The number of aromatic nitrogens is 1. The highest BCUT2D eigenvalue weighted by Crippen LogP contribution is 2.26. The molecule has 0 aliphatic rings. The highest BCUT2D eigenvalue weighted by atomic mass is 19.4. The second-order valence-corrected chi connectivity index (χ2v) is 6.02. The van der Waals surface area contributed by atoms with E-state index in [1.54, 1.807) is 13.0 Å². The van der Waals surface area contributed by atoms with Gasteiger partial charge in [-0.05, 0) is 24.5 Å². The zero-order chi connectivity index (χ0) is 17.9. The Kier molecular flexibility index (Phi) is 5.31. The summed E-state index contributed by atoms with van der Waals surface area (Å²) >= 11 is 0. The highest BCUT2D eigenvalue weighted by Gasteiger charge is 2.29. The third kappa shape index (κ3) is 4.84. The Labute approximate surface area is 138 Å². The van der Waals surface area contributed by atoms with Gasteiger partial charge in [0.1, 0.15) is 0 Å². The van der Waals surface area contributed by atoms with Crippen molar-refractivity contribution in [1.82, 2.24) is 4.98 Å². The molecule has 4 nitrogen and oxygen atoms in total. The van der Waals surface area contributed by atoms with Gasteiger partial charge in [0.25, 0.3) is 5.91 Å². The molecule has 24 heavy (non-hydrogen) atoms. The average Bonchev–Trinajstić information content (AvgIpc) is 2.79. The third-order valence-electron chi connectivity index (χ3n) is 3.29. The molecule has 0 bridgehead atoms. The van der Waals surface area contributed by atoms with Gasteiger partial charge in [0, 0.05) is 12.1 Å². The smallest absolute Gasteiger partial charge is 0.393 e. The zero-order valence-corrected chi connectivity index (χ0v) is 13.7. The molecular formula is C17H19F3N2O2. The number of hydrogen-bond donors (Lipinski definition) is 1. The summed E-state index contributed by atoms with van der Waals surface area (Å²) in [6.07, 6.45) is -4.89. The first-order chi connectivity index (χ1) is 11.2. The minimum absolute atomic E-state index is 0.00192. The largest absolute Gasteiger partial charge is 0.435 e. The van der Waals surface area contributed by atoms with Crippen molar-refractivity contribution in [3.05, 3.63) is 47.2 Å². The van der Waals surface area contributed by atoms with Crippen molar-refractivity contribution in [1.29, 1.82) is 0 Å². The van der Waals surface area contributed by atoms with E-state index in [0.29, 0.717) is 23.9 Å². The van der Waals surface area contributed by atoms with E-state index in [9.17, 15) is 18.0 Å². The fourth-order valence-electron chi connectivity index (χ4n) is 2.29. The molecule has 1 aromatic carbocycles. The first-order valence-electron chi connectivity index (χ1n) is 7.58. The molecule has 1 heterocycles. The number of para-hydroxylation sites is 1. The number of nitrogens with one attached hydrogen (secondary N) is 1. The van der Waals surface area contributed by atoms with Crippen molar-refractivity contribution >= 4 is 11.6 Å². The summed E-state index contributed by atoms with van der Waals surface area (Å²) in [6, 6.07) is 5.82. The molecular weight excluding hydrogens is 321 g/mol. The Morgan fingerprint density at radius 2 is 1.96 bits per heavy atom. The Bertz CT molecular complexity index is 721. The summed E-state index contributed by atoms with van der Waals surface area (Å²) < 4.78 is 43.3. The number of carbonyl (C=O) groups is 1. The molecule has 1 N–H and O–H groups in total. The Balaban J connectivity index is 2.20. The van der Waals surface area contributed by atoms with Gasteiger partial charge >= 0.3 is 6.18 Å². The van der Waals surface area contributed by atoms with Crippen LogP contribution in [0.15, 0.2) is 28.7 Å². The zero-order valence-electron chi connectivity index (χ0n) is 13.7. The van der Waals surface area contributed by atoms with Crippen LogP contribution in [0.2, 0.25) is 0 Å². The molecule has 2 aromatic rings. The van der Waals surface area contributed by atoms with Crippen LogP contribution in [0.4, 0.5) is 18.9 Å². The maximum atomic E-state index is 12.6. The van der Waals surface area contributed by atoms with Crippen LogP contribution >= 0.6 is 0 Å². The standard InChI is InChI=1S/C17H19F3N2O2/c1-10(2)8-14-21-11(3)15(24-14)16(23)22-13-7-5-4-6-12(13)9-17(18,19)20/h4-7,10H,8-9H2,1-3H3,(H,22,23). The summed E-state index contributed by atoms with van der Waals surface area (Å²) in [5, 5.41) is 2.48. The molecule has 0 aliphatic heterocycles. The van der Waals surface area contributed by atoms with Crippen LogP contribution in [0.1, 0.15) is 41.6 Å². The van der Waals surface area contributed by atoms with Gasteiger partial charge in [0.2, 0.25) is 5.76 Å². The lowest BCUT2D eigenvalue weighted by molar-refractivity contribution is -0.127. The van der Waals surface area contributed by atoms with Crippen molar-refractivity contribution in [2.45, 2.75) is 39.8 Å². The van der Waals surface area contributed by atoms with Crippen LogP contribution in [0.3, 0.4) is 0 Å². The number of halogens is 3. The van der Waals surface area contributed by atoms with E-state index in [1.807, 2.05) is 13.8 Å². The van der Waals surface area contributed by atoms with E-state index in [4.69, 9.17) is 4.42 Å². The normalized spacial score (nSPS) is 11.8. The molecule has 7 heteroatoms. The number of nitrogens with zero attached hydrogens (tertiary/aromatic N) is 1. The van der Waals surface area contributed by atoms with Crippen molar-refractivity contribution in [2.24, 2.45) is 5.92 Å². The average molecular weight is 340 g/mol. The molecule has 0 radical (unpaired) electrons. The van der Waals surface area contributed by atoms with Gasteiger partial charge in [-0.2, -0.15) is 13.2 Å². The number of oxazole rings is 1. The second kappa shape index (κ2) is 7.07. The summed E-state index contributed by atoms with van der Waals surface area (Å²) in [7, 11) is 0. The Morgan fingerprint density at radius 1 is 1.29 bits per heavy atom.